The van der Waals surface area contributed by atoms with E-state index in [2.05, 4.69) is 5.32 Å². The largest absolute Gasteiger partial charge is 0.444 e. The van der Waals surface area contributed by atoms with Crippen LogP contribution >= 0.6 is 11.3 Å². The maximum absolute atomic E-state index is 13.0. The first kappa shape index (κ1) is 15.5. The summed E-state index contributed by atoms with van der Waals surface area (Å²) in [6, 6.07) is 6.31. The highest BCUT2D eigenvalue weighted by molar-refractivity contribution is 7.14. The molecule has 0 radical (unpaired) electrons. The van der Waals surface area contributed by atoms with Gasteiger partial charge < -0.3 is 4.74 Å². The third-order valence-electron chi connectivity index (χ3n) is 2.78. The zero-order chi connectivity index (χ0) is 15.6. The Bertz CT molecular complexity index is 641. The fraction of sp³-hybridized carbons (Fsp3) is 0.312. The maximum Gasteiger partial charge on any atom is 0.412 e. The quantitative estimate of drug-likeness (QED) is 0.827. The number of thiophene rings is 1. The van der Waals surface area contributed by atoms with E-state index in [0.29, 0.717) is 5.69 Å². The van der Waals surface area contributed by atoms with Crippen LogP contribution in [0, 0.1) is 12.7 Å². The summed E-state index contributed by atoms with van der Waals surface area (Å²) in [4.78, 5) is 12.8. The second-order valence-electron chi connectivity index (χ2n) is 5.74. The lowest BCUT2D eigenvalue weighted by Crippen LogP contribution is -2.27. The SMILES string of the molecule is Cc1c(NC(=O)OC(C)(C)C)csc1-c1ccc(F)cc1. The first-order valence-corrected chi connectivity index (χ1v) is 7.48. The Morgan fingerprint density at radius 1 is 1.24 bits per heavy atom. The molecule has 21 heavy (non-hydrogen) atoms. The lowest BCUT2D eigenvalue weighted by molar-refractivity contribution is 0.0636. The van der Waals surface area contributed by atoms with Gasteiger partial charge in [0.1, 0.15) is 11.4 Å². The van der Waals surface area contributed by atoms with Crippen molar-refractivity contribution < 1.29 is 13.9 Å². The molecule has 0 aliphatic rings. The standard InChI is InChI=1S/C16H18FNO2S/c1-10-13(18-15(19)20-16(2,3)4)9-21-14(10)11-5-7-12(17)8-6-11/h5-9H,1-4H3,(H,18,19). The summed E-state index contributed by atoms with van der Waals surface area (Å²) in [6.07, 6.45) is -0.478. The lowest BCUT2D eigenvalue weighted by atomic mass is 10.1. The Balaban J connectivity index is 2.17. The molecule has 112 valence electrons. The van der Waals surface area contributed by atoms with Crippen LogP contribution in [0.4, 0.5) is 14.9 Å². The van der Waals surface area contributed by atoms with Gasteiger partial charge in [0.2, 0.25) is 0 Å². The van der Waals surface area contributed by atoms with Crippen molar-refractivity contribution in [3.63, 3.8) is 0 Å². The molecule has 1 aromatic heterocycles. The van der Waals surface area contributed by atoms with Gasteiger partial charge in [-0.05, 0) is 51.0 Å². The van der Waals surface area contributed by atoms with Gasteiger partial charge in [-0.15, -0.1) is 11.3 Å². The van der Waals surface area contributed by atoms with Crippen LogP contribution in [0.2, 0.25) is 0 Å². The molecular formula is C16H18FNO2S. The number of amides is 1. The minimum Gasteiger partial charge on any atom is -0.444 e. The molecule has 5 heteroatoms. The van der Waals surface area contributed by atoms with Crippen LogP contribution in [0.5, 0.6) is 0 Å². The second kappa shape index (κ2) is 5.85. The number of halogens is 1. The molecule has 0 fully saturated rings. The van der Waals surface area contributed by atoms with Gasteiger partial charge in [-0.25, -0.2) is 9.18 Å². The van der Waals surface area contributed by atoms with E-state index in [4.69, 9.17) is 4.74 Å². The fourth-order valence-electron chi connectivity index (χ4n) is 1.84. The Morgan fingerprint density at radius 2 is 1.86 bits per heavy atom. The third-order valence-corrected chi connectivity index (χ3v) is 3.91. The number of anilines is 1. The molecule has 0 saturated carbocycles. The summed E-state index contributed by atoms with van der Waals surface area (Å²) in [5.74, 6) is -0.264. The van der Waals surface area contributed by atoms with E-state index in [1.807, 2.05) is 33.1 Å². The van der Waals surface area contributed by atoms with Gasteiger partial charge in [-0.3, -0.25) is 5.32 Å². The van der Waals surface area contributed by atoms with Crippen LogP contribution in [0.25, 0.3) is 10.4 Å². The van der Waals surface area contributed by atoms with Gasteiger partial charge in [0.25, 0.3) is 0 Å². The van der Waals surface area contributed by atoms with Crippen molar-refractivity contribution in [3.8, 4) is 10.4 Å². The third kappa shape index (κ3) is 4.04. The molecule has 0 bridgehead atoms. The van der Waals surface area contributed by atoms with Gasteiger partial charge in [-0.2, -0.15) is 0 Å². The summed E-state index contributed by atoms with van der Waals surface area (Å²) in [5.41, 5.74) is 2.05. The van der Waals surface area contributed by atoms with Gasteiger partial charge in [-0.1, -0.05) is 12.1 Å². The molecule has 2 aromatic rings. The Hall–Kier alpha value is -1.88. The molecule has 0 saturated heterocycles. The lowest BCUT2D eigenvalue weighted by Gasteiger charge is -2.19. The zero-order valence-electron chi connectivity index (χ0n) is 12.5. The molecule has 1 N–H and O–H groups in total. The molecular weight excluding hydrogens is 289 g/mol. The molecule has 0 atom stereocenters. The molecule has 1 amide bonds. The van der Waals surface area contributed by atoms with Crippen LogP contribution in [-0.4, -0.2) is 11.7 Å². The van der Waals surface area contributed by atoms with Gasteiger partial charge >= 0.3 is 6.09 Å². The fourth-order valence-corrected chi connectivity index (χ4v) is 2.87. The number of hydrogen-bond acceptors (Lipinski definition) is 3. The van der Waals surface area contributed by atoms with Crippen LogP contribution in [0.15, 0.2) is 29.6 Å². The molecule has 1 aromatic carbocycles. The van der Waals surface area contributed by atoms with Crippen molar-refractivity contribution >= 4 is 23.1 Å². The molecule has 0 aliphatic heterocycles. The number of rotatable bonds is 2. The van der Waals surface area contributed by atoms with E-state index in [1.54, 1.807) is 12.1 Å². The highest BCUT2D eigenvalue weighted by Crippen LogP contribution is 2.35. The number of carbonyl (C=O) groups excluding carboxylic acids is 1. The number of carbonyl (C=O) groups is 1. The monoisotopic (exact) mass is 307 g/mol. The number of benzene rings is 1. The number of hydrogen-bond donors (Lipinski definition) is 1. The van der Waals surface area contributed by atoms with Crippen molar-refractivity contribution in [2.45, 2.75) is 33.3 Å². The molecule has 0 unspecified atom stereocenters. The Kier molecular flexibility index (Phi) is 4.32. The number of nitrogens with one attached hydrogen (secondary N) is 1. The highest BCUT2D eigenvalue weighted by atomic mass is 32.1. The first-order valence-electron chi connectivity index (χ1n) is 6.60. The topological polar surface area (TPSA) is 38.3 Å². The van der Waals surface area contributed by atoms with Gasteiger partial charge in [0, 0.05) is 10.3 Å². The summed E-state index contributed by atoms with van der Waals surface area (Å²) in [6.45, 7) is 7.37. The highest BCUT2D eigenvalue weighted by Gasteiger charge is 2.18. The van der Waals surface area contributed by atoms with E-state index in [1.165, 1.54) is 23.5 Å². The van der Waals surface area contributed by atoms with E-state index < -0.39 is 11.7 Å². The summed E-state index contributed by atoms with van der Waals surface area (Å²) in [5, 5.41) is 4.60. The molecule has 2 rings (SSSR count). The van der Waals surface area contributed by atoms with E-state index in [9.17, 15) is 9.18 Å². The van der Waals surface area contributed by atoms with E-state index >= 15 is 0 Å². The normalized spacial score (nSPS) is 11.3. The average molecular weight is 307 g/mol. The van der Waals surface area contributed by atoms with Crippen LogP contribution in [-0.2, 0) is 4.74 Å². The first-order chi connectivity index (χ1) is 9.76. The molecule has 1 heterocycles. The van der Waals surface area contributed by atoms with E-state index in [-0.39, 0.29) is 5.82 Å². The van der Waals surface area contributed by atoms with Crippen molar-refractivity contribution in [2.75, 3.05) is 5.32 Å². The molecule has 0 spiro atoms. The Morgan fingerprint density at radius 3 is 2.43 bits per heavy atom. The smallest absolute Gasteiger partial charge is 0.412 e. The van der Waals surface area contributed by atoms with Gasteiger partial charge in [0.05, 0.1) is 5.69 Å². The molecule has 3 nitrogen and oxygen atoms in total. The Labute approximate surface area is 127 Å². The van der Waals surface area contributed by atoms with Crippen LogP contribution in [0.3, 0.4) is 0 Å². The van der Waals surface area contributed by atoms with Gasteiger partial charge in [0.15, 0.2) is 0 Å². The predicted octanol–water partition coefficient (Wildman–Crippen LogP) is 5.21. The van der Waals surface area contributed by atoms with Crippen molar-refractivity contribution in [3.05, 3.63) is 41.0 Å². The average Bonchev–Trinajstić information content (AvgIpc) is 2.70. The van der Waals surface area contributed by atoms with E-state index in [0.717, 1.165) is 16.0 Å². The summed E-state index contributed by atoms with van der Waals surface area (Å²) in [7, 11) is 0. The second-order valence-corrected chi connectivity index (χ2v) is 6.62. The predicted molar refractivity (Wildman–Crippen MR) is 84.3 cm³/mol. The summed E-state index contributed by atoms with van der Waals surface area (Å²) < 4.78 is 18.2. The minimum absolute atomic E-state index is 0.264. The zero-order valence-corrected chi connectivity index (χ0v) is 13.3. The van der Waals surface area contributed by atoms with Crippen molar-refractivity contribution in [1.29, 1.82) is 0 Å². The molecule has 0 aliphatic carbocycles. The van der Waals surface area contributed by atoms with Crippen molar-refractivity contribution in [1.82, 2.24) is 0 Å². The van der Waals surface area contributed by atoms with Crippen LogP contribution in [0.1, 0.15) is 26.3 Å². The van der Waals surface area contributed by atoms with Crippen LogP contribution < -0.4 is 5.32 Å². The summed E-state index contributed by atoms with van der Waals surface area (Å²) >= 11 is 1.50. The van der Waals surface area contributed by atoms with Crippen molar-refractivity contribution in [2.24, 2.45) is 0 Å². The maximum atomic E-state index is 13.0. The number of ether oxygens (including phenoxy) is 1. The minimum atomic E-state index is -0.534.